The molecular formula is C21H24N2O3. The number of benzene rings is 1. The first-order valence-electron chi connectivity index (χ1n) is 9.41. The third-order valence-corrected chi connectivity index (χ3v) is 5.65. The number of hydrogen-bond donors (Lipinski definition) is 2. The van der Waals surface area contributed by atoms with Crippen molar-refractivity contribution in [3.63, 3.8) is 0 Å². The third kappa shape index (κ3) is 3.19. The molecule has 0 bridgehead atoms. The third-order valence-electron chi connectivity index (χ3n) is 5.65. The second-order valence-electron chi connectivity index (χ2n) is 7.38. The Bertz CT molecular complexity index is 859. The number of aromatic amines is 1. The smallest absolute Gasteiger partial charge is 0.261 e. The number of fused-ring (bicyclic) bond motifs is 1. The fourth-order valence-corrected chi connectivity index (χ4v) is 4.22. The first kappa shape index (κ1) is 17.0. The standard InChI is InChI=1S/C21H24N2O3/c24-19(14-6-2-1-3-7-14)16-9-5-11-23(13-16)21(26)17-12-15-8-4-10-18(15)22-20(17)25/h1-3,6-7,12,16,19,24H,4-5,8-11,13H2,(H,22,25). The lowest BCUT2D eigenvalue weighted by molar-refractivity contribution is 0.0400. The maximum absolute atomic E-state index is 12.9. The van der Waals surface area contributed by atoms with Gasteiger partial charge in [0.2, 0.25) is 0 Å². The average molecular weight is 352 g/mol. The molecule has 1 aromatic carbocycles. The summed E-state index contributed by atoms with van der Waals surface area (Å²) in [5.74, 6) is -0.227. The molecular weight excluding hydrogens is 328 g/mol. The van der Waals surface area contributed by atoms with Crippen LogP contribution in [0, 0.1) is 5.92 Å². The number of hydrogen-bond acceptors (Lipinski definition) is 3. The van der Waals surface area contributed by atoms with Crippen LogP contribution in [0.3, 0.4) is 0 Å². The number of piperidine rings is 1. The van der Waals surface area contributed by atoms with E-state index in [-0.39, 0.29) is 22.9 Å². The molecule has 1 fully saturated rings. The first-order chi connectivity index (χ1) is 12.6. The number of aliphatic hydroxyl groups excluding tert-OH is 1. The number of carbonyl (C=O) groups is 1. The van der Waals surface area contributed by atoms with E-state index in [2.05, 4.69) is 4.98 Å². The van der Waals surface area contributed by atoms with Gasteiger partial charge in [-0.15, -0.1) is 0 Å². The summed E-state index contributed by atoms with van der Waals surface area (Å²) < 4.78 is 0. The van der Waals surface area contributed by atoms with Gasteiger partial charge in [-0.25, -0.2) is 0 Å². The highest BCUT2D eigenvalue weighted by Gasteiger charge is 2.31. The van der Waals surface area contributed by atoms with E-state index in [1.807, 2.05) is 30.3 Å². The number of likely N-dealkylation sites (tertiary alicyclic amines) is 1. The fraction of sp³-hybridized carbons (Fsp3) is 0.429. The maximum atomic E-state index is 12.9. The molecule has 5 nitrogen and oxygen atoms in total. The SMILES string of the molecule is O=C(c1cc2c([nH]c1=O)CCC2)N1CCCC(C(O)c2ccccc2)C1. The number of carbonyl (C=O) groups excluding carboxylic acids is 1. The lowest BCUT2D eigenvalue weighted by Gasteiger charge is -2.35. The summed E-state index contributed by atoms with van der Waals surface area (Å²) in [6.07, 6.45) is 3.95. The molecule has 2 atom stereocenters. The minimum Gasteiger partial charge on any atom is -0.388 e. The predicted octanol–water partition coefficient (Wildman–Crippen LogP) is 2.45. The van der Waals surface area contributed by atoms with Crippen LogP contribution in [0.4, 0.5) is 0 Å². The normalized spacial score (nSPS) is 20.7. The van der Waals surface area contributed by atoms with Gasteiger partial charge in [-0.2, -0.15) is 0 Å². The van der Waals surface area contributed by atoms with E-state index >= 15 is 0 Å². The van der Waals surface area contributed by atoms with Crippen LogP contribution in [0.1, 0.15) is 52.5 Å². The number of rotatable bonds is 3. The number of aliphatic hydroxyl groups is 1. The predicted molar refractivity (Wildman–Crippen MR) is 99.1 cm³/mol. The average Bonchev–Trinajstić information content (AvgIpc) is 3.14. The molecule has 5 heteroatoms. The Morgan fingerprint density at radius 3 is 2.81 bits per heavy atom. The number of nitrogens with zero attached hydrogens (tertiary/aromatic N) is 1. The van der Waals surface area contributed by atoms with E-state index < -0.39 is 6.10 Å². The Morgan fingerprint density at radius 2 is 2.00 bits per heavy atom. The van der Waals surface area contributed by atoms with Crippen molar-refractivity contribution in [2.45, 2.75) is 38.2 Å². The lowest BCUT2D eigenvalue weighted by atomic mass is 9.88. The van der Waals surface area contributed by atoms with Gasteiger partial charge >= 0.3 is 0 Å². The van der Waals surface area contributed by atoms with Crippen molar-refractivity contribution in [1.29, 1.82) is 0 Å². The van der Waals surface area contributed by atoms with Crippen molar-refractivity contribution < 1.29 is 9.90 Å². The molecule has 2 unspecified atom stereocenters. The van der Waals surface area contributed by atoms with E-state index in [0.29, 0.717) is 13.1 Å². The molecule has 0 spiro atoms. The summed E-state index contributed by atoms with van der Waals surface area (Å²) in [4.78, 5) is 29.9. The Hall–Kier alpha value is -2.40. The van der Waals surface area contributed by atoms with Crippen LogP contribution in [-0.2, 0) is 12.8 Å². The van der Waals surface area contributed by atoms with E-state index in [9.17, 15) is 14.7 Å². The van der Waals surface area contributed by atoms with Gasteiger partial charge in [0.15, 0.2) is 0 Å². The van der Waals surface area contributed by atoms with Crippen molar-refractivity contribution in [2.75, 3.05) is 13.1 Å². The highest BCUT2D eigenvalue weighted by molar-refractivity contribution is 5.94. The van der Waals surface area contributed by atoms with Crippen LogP contribution >= 0.6 is 0 Å². The quantitative estimate of drug-likeness (QED) is 0.891. The largest absolute Gasteiger partial charge is 0.388 e. The molecule has 136 valence electrons. The molecule has 0 radical (unpaired) electrons. The van der Waals surface area contributed by atoms with Crippen molar-refractivity contribution >= 4 is 5.91 Å². The Morgan fingerprint density at radius 1 is 1.19 bits per heavy atom. The summed E-state index contributed by atoms with van der Waals surface area (Å²) in [7, 11) is 0. The van der Waals surface area contributed by atoms with Crippen LogP contribution in [0.5, 0.6) is 0 Å². The summed E-state index contributed by atoms with van der Waals surface area (Å²) >= 11 is 0. The molecule has 1 aliphatic heterocycles. The fourth-order valence-electron chi connectivity index (χ4n) is 4.22. The van der Waals surface area contributed by atoms with Crippen molar-refractivity contribution in [3.8, 4) is 0 Å². The molecule has 1 amide bonds. The second kappa shape index (κ2) is 7.08. The van der Waals surface area contributed by atoms with Gasteiger partial charge in [0.1, 0.15) is 5.56 Å². The monoisotopic (exact) mass is 352 g/mol. The number of H-pyrrole nitrogens is 1. The summed E-state index contributed by atoms with van der Waals surface area (Å²) in [6, 6.07) is 11.4. The van der Waals surface area contributed by atoms with Crippen LogP contribution < -0.4 is 5.56 Å². The van der Waals surface area contributed by atoms with Crippen LogP contribution in [0.2, 0.25) is 0 Å². The van der Waals surface area contributed by atoms with E-state index in [4.69, 9.17) is 0 Å². The summed E-state index contributed by atoms with van der Waals surface area (Å²) in [5.41, 5.74) is 2.89. The van der Waals surface area contributed by atoms with Crippen LogP contribution in [0.25, 0.3) is 0 Å². The van der Waals surface area contributed by atoms with Crippen molar-refractivity contribution in [2.24, 2.45) is 5.92 Å². The van der Waals surface area contributed by atoms with Crippen LogP contribution in [0.15, 0.2) is 41.2 Å². The molecule has 2 aromatic rings. The van der Waals surface area contributed by atoms with Crippen LogP contribution in [-0.4, -0.2) is 34.0 Å². The highest BCUT2D eigenvalue weighted by Crippen LogP contribution is 2.30. The Balaban J connectivity index is 1.53. The Kier molecular flexibility index (Phi) is 4.64. The van der Waals surface area contributed by atoms with Gasteiger partial charge in [-0.1, -0.05) is 30.3 Å². The minimum absolute atomic E-state index is 0.0105. The van der Waals surface area contributed by atoms with Gasteiger partial charge in [-0.05, 0) is 49.3 Å². The van der Waals surface area contributed by atoms with Crippen molar-refractivity contribution in [1.82, 2.24) is 9.88 Å². The maximum Gasteiger partial charge on any atom is 0.261 e. The second-order valence-corrected chi connectivity index (χ2v) is 7.38. The zero-order valence-corrected chi connectivity index (χ0v) is 14.8. The van der Waals surface area contributed by atoms with Gasteiger partial charge in [0, 0.05) is 24.7 Å². The van der Waals surface area contributed by atoms with Crippen molar-refractivity contribution in [3.05, 3.63) is 69.1 Å². The van der Waals surface area contributed by atoms with E-state index in [1.165, 1.54) is 0 Å². The molecule has 1 aliphatic carbocycles. The molecule has 2 aliphatic rings. The molecule has 26 heavy (non-hydrogen) atoms. The number of amides is 1. The number of pyridine rings is 1. The Labute approximate surface area is 152 Å². The molecule has 1 aromatic heterocycles. The highest BCUT2D eigenvalue weighted by atomic mass is 16.3. The minimum atomic E-state index is -0.592. The van der Waals surface area contributed by atoms with E-state index in [0.717, 1.165) is 48.9 Å². The molecule has 4 rings (SSSR count). The molecule has 0 saturated carbocycles. The number of nitrogens with one attached hydrogen (secondary N) is 1. The molecule has 1 saturated heterocycles. The lowest BCUT2D eigenvalue weighted by Crippen LogP contribution is -2.43. The molecule has 2 heterocycles. The summed E-state index contributed by atoms with van der Waals surface area (Å²) in [5, 5.41) is 10.7. The first-order valence-corrected chi connectivity index (χ1v) is 9.41. The summed E-state index contributed by atoms with van der Waals surface area (Å²) in [6.45, 7) is 1.11. The zero-order chi connectivity index (χ0) is 18.1. The van der Waals surface area contributed by atoms with Gasteiger partial charge in [-0.3, -0.25) is 9.59 Å². The molecule has 2 N–H and O–H groups in total. The van der Waals surface area contributed by atoms with Gasteiger partial charge < -0.3 is 15.0 Å². The number of aryl methyl sites for hydroxylation is 2. The zero-order valence-electron chi connectivity index (χ0n) is 14.8. The van der Waals surface area contributed by atoms with Gasteiger partial charge in [0.25, 0.3) is 11.5 Å². The van der Waals surface area contributed by atoms with E-state index in [1.54, 1.807) is 11.0 Å². The van der Waals surface area contributed by atoms with Gasteiger partial charge in [0.05, 0.1) is 6.10 Å². The number of aromatic nitrogens is 1. The topological polar surface area (TPSA) is 73.4 Å².